The lowest BCUT2D eigenvalue weighted by atomic mass is 9.76. The van der Waals surface area contributed by atoms with E-state index >= 15 is 0 Å². The lowest BCUT2D eigenvalue weighted by molar-refractivity contribution is -0.152. The molecule has 1 heterocycles. The molecule has 1 aliphatic heterocycles. The zero-order valence-corrected chi connectivity index (χ0v) is 8.42. The van der Waals surface area contributed by atoms with E-state index in [1.807, 2.05) is 13.8 Å². The third kappa shape index (κ3) is 1.56. The SMILES string of the molecule is CCOC(=O)C1(N)COCC1(C)C. The second-order valence-electron chi connectivity index (χ2n) is 4.07. The van der Waals surface area contributed by atoms with Crippen LogP contribution in [-0.4, -0.2) is 31.3 Å². The Balaban J connectivity index is 2.80. The molecule has 0 amide bonds. The standard InChI is InChI=1S/C9H17NO3/c1-4-13-7(11)9(10)6-12-5-8(9,2)3/h4-6,10H2,1-3H3. The zero-order chi connectivity index (χ0) is 10.1. The van der Waals surface area contributed by atoms with Crippen LogP contribution >= 0.6 is 0 Å². The average molecular weight is 187 g/mol. The summed E-state index contributed by atoms with van der Waals surface area (Å²) in [6.07, 6.45) is 0. The van der Waals surface area contributed by atoms with Crippen molar-refractivity contribution in [1.82, 2.24) is 0 Å². The highest BCUT2D eigenvalue weighted by molar-refractivity contribution is 5.82. The number of nitrogens with two attached hydrogens (primary N) is 1. The van der Waals surface area contributed by atoms with E-state index in [2.05, 4.69) is 0 Å². The van der Waals surface area contributed by atoms with Crippen molar-refractivity contribution in [2.45, 2.75) is 26.3 Å². The number of carbonyl (C=O) groups excluding carboxylic acids is 1. The molecule has 1 unspecified atom stereocenters. The molecule has 0 spiro atoms. The number of hydrogen-bond donors (Lipinski definition) is 1. The topological polar surface area (TPSA) is 61.5 Å². The molecule has 0 saturated carbocycles. The zero-order valence-electron chi connectivity index (χ0n) is 8.42. The molecule has 0 aromatic carbocycles. The molecule has 4 nitrogen and oxygen atoms in total. The van der Waals surface area contributed by atoms with E-state index < -0.39 is 5.54 Å². The molecule has 0 aliphatic carbocycles. The Kier molecular flexibility index (Phi) is 2.63. The Morgan fingerprint density at radius 2 is 2.15 bits per heavy atom. The maximum Gasteiger partial charge on any atom is 0.329 e. The minimum atomic E-state index is -0.983. The Hall–Kier alpha value is -0.610. The fraction of sp³-hybridized carbons (Fsp3) is 0.889. The van der Waals surface area contributed by atoms with Crippen molar-refractivity contribution in [2.75, 3.05) is 19.8 Å². The highest BCUT2D eigenvalue weighted by Crippen LogP contribution is 2.36. The highest BCUT2D eigenvalue weighted by atomic mass is 16.5. The first-order valence-electron chi connectivity index (χ1n) is 4.48. The Bertz CT molecular complexity index is 215. The third-order valence-corrected chi connectivity index (χ3v) is 2.64. The van der Waals surface area contributed by atoms with Crippen molar-refractivity contribution in [3.8, 4) is 0 Å². The van der Waals surface area contributed by atoms with Crippen LogP contribution < -0.4 is 5.73 Å². The van der Waals surface area contributed by atoms with Gasteiger partial charge in [-0.25, -0.2) is 4.79 Å². The fourth-order valence-electron chi connectivity index (χ4n) is 1.39. The third-order valence-electron chi connectivity index (χ3n) is 2.64. The summed E-state index contributed by atoms with van der Waals surface area (Å²) in [5.41, 5.74) is 4.64. The fourth-order valence-corrected chi connectivity index (χ4v) is 1.39. The van der Waals surface area contributed by atoms with Crippen LogP contribution in [0.1, 0.15) is 20.8 Å². The first-order chi connectivity index (χ1) is 5.94. The van der Waals surface area contributed by atoms with E-state index in [4.69, 9.17) is 15.2 Å². The van der Waals surface area contributed by atoms with Crippen LogP contribution in [-0.2, 0) is 14.3 Å². The van der Waals surface area contributed by atoms with Gasteiger partial charge in [-0.15, -0.1) is 0 Å². The van der Waals surface area contributed by atoms with Crippen molar-refractivity contribution in [2.24, 2.45) is 11.1 Å². The van der Waals surface area contributed by atoms with Crippen molar-refractivity contribution in [3.63, 3.8) is 0 Å². The van der Waals surface area contributed by atoms with E-state index in [0.29, 0.717) is 13.2 Å². The summed E-state index contributed by atoms with van der Waals surface area (Å²) in [7, 11) is 0. The van der Waals surface area contributed by atoms with Gasteiger partial charge in [0.05, 0.1) is 19.8 Å². The minimum absolute atomic E-state index is 0.249. The van der Waals surface area contributed by atoms with Crippen molar-refractivity contribution < 1.29 is 14.3 Å². The van der Waals surface area contributed by atoms with Crippen molar-refractivity contribution >= 4 is 5.97 Å². The van der Waals surface area contributed by atoms with Gasteiger partial charge < -0.3 is 15.2 Å². The van der Waals surface area contributed by atoms with Gasteiger partial charge in [-0.1, -0.05) is 13.8 Å². The molecule has 1 aliphatic rings. The van der Waals surface area contributed by atoms with Gasteiger partial charge in [0.1, 0.15) is 5.54 Å². The molecular formula is C9H17NO3. The summed E-state index contributed by atoms with van der Waals surface area (Å²) in [5.74, 6) is -0.363. The molecule has 0 aromatic rings. The van der Waals surface area contributed by atoms with Gasteiger partial charge in [-0.2, -0.15) is 0 Å². The van der Waals surface area contributed by atoms with Gasteiger partial charge in [0.25, 0.3) is 0 Å². The van der Waals surface area contributed by atoms with Crippen molar-refractivity contribution in [1.29, 1.82) is 0 Å². The van der Waals surface area contributed by atoms with E-state index in [-0.39, 0.29) is 18.0 Å². The number of ether oxygens (including phenoxy) is 2. The predicted molar refractivity (Wildman–Crippen MR) is 48.2 cm³/mol. The molecule has 1 saturated heterocycles. The normalized spacial score (nSPS) is 31.7. The van der Waals surface area contributed by atoms with Gasteiger partial charge >= 0.3 is 5.97 Å². The van der Waals surface area contributed by atoms with Crippen LogP contribution in [0.3, 0.4) is 0 Å². The Labute approximate surface area is 78.4 Å². The summed E-state index contributed by atoms with van der Waals surface area (Å²) in [6, 6.07) is 0. The maximum absolute atomic E-state index is 11.6. The molecule has 76 valence electrons. The molecule has 0 bridgehead atoms. The van der Waals surface area contributed by atoms with Crippen LogP contribution in [0.15, 0.2) is 0 Å². The molecule has 0 radical (unpaired) electrons. The lowest BCUT2D eigenvalue weighted by Gasteiger charge is -2.32. The second kappa shape index (κ2) is 3.27. The Morgan fingerprint density at radius 1 is 1.54 bits per heavy atom. The molecule has 4 heteroatoms. The molecule has 1 rings (SSSR count). The van der Waals surface area contributed by atoms with Crippen LogP contribution in [0.4, 0.5) is 0 Å². The molecule has 13 heavy (non-hydrogen) atoms. The smallest absolute Gasteiger partial charge is 0.329 e. The van der Waals surface area contributed by atoms with Gasteiger partial charge in [0.15, 0.2) is 0 Å². The van der Waals surface area contributed by atoms with Crippen LogP contribution in [0, 0.1) is 5.41 Å². The number of carbonyl (C=O) groups is 1. The summed E-state index contributed by atoms with van der Waals surface area (Å²) < 4.78 is 10.1. The summed E-state index contributed by atoms with van der Waals surface area (Å²) >= 11 is 0. The quantitative estimate of drug-likeness (QED) is 0.632. The van der Waals surface area contributed by atoms with Crippen LogP contribution in [0.2, 0.25) is 0 Å². The highest BCUT2D eigenvalue weighted by Gasteiger charge is 2.53. The lowest BCUT2D eigenvalue weighted by Crippen LogP contribution is -2.59. The van der Waals surface area contributed by atoms with E-state index in [0.717, 1.165) is 0 Å². The van der Waals surface area contributed by atoms with E-state index in [9.17, 15) is 4.79 Å². The van der Waals surface area contributed by atoms with Gasteiger partial charge in [-0.05, 0) is 6.92 Å². The maximum atomic E-state index is 11.6. The van der Waals surface area contributed by atoms with Crippen LogP contribution in [0.25, 0.3) is 0 Å². The summed E-state index contributed by atoms with van der Waals surface area (Å²) in [5, 5.41) is 0. The first kappa shape index (κ1) is 10.5. The van der Waals surface area contributed by atoms with Gasteiger partial charge in [-0.3, -0.25) is 0 Å². The summed E-state index contributed by atoms with van der Waals surface area (Å²) in [4.78, 5) is 11.6. The molecular weight excluding hydrogens is 170 g/mol. The minimum Gasteiger partial charge on any atom is -0.465 e. The second-order valence-corrected chi connectivity index (χ2v) is 4.07. The molecule has 0 aromatic heterocycles. The van der Waals surface area contributed by atoms with E-state index in [1.54, 1.807) is 6.92 Å². The molecule has 1 atom stereocenters. The number of esters is 1. The number of hydrogen-bond acceptors (Lipinski definition) is 4. The average Bonchev–Trinajstić information content (AvgIpc) is 2.28. The monoisotopic (exact) mass is 187 g/mol. The Morgan fingerprint density at radius 3 is 2.54 bits per heavy atom. The van der Waals surface area contributed by atoms with E-state index in [1.165, 1.54) is 0 Å². The van der Waals surface area contributed by atoms with Gasteiger partial charge in [0, 0.05) is 5.41 Å². The van der Waals surface area contributed by atoms with Crippen molar-refractivity contribution in [3.05, 3.63) is 0 Å². The molecule has 2 N–H and O–H groups in total. The molecule has 1 fully saturated rings. The predicted octanol–water partition coefficient (Wildman–Crippen LogP) is 0.303. The first-order valence-corrected chi connectivity index (χ1v) is 4.48. The largest absolute Gasteiger partial charge is 0.465 e. The summed E-state index contributed by atoms with van der Waals surface area (Å²) in [6.45, 7) is 6.70. The number of rotatable bonds is 2. The van der Waals surface area contributed by atoms with Gasteiger partial charge in [0.2, 0.25) is 0 Å². The van der Waals surface area contributed by atoms with Crippen LogP contribution in [0.5, 0.6) is 0 Å².